The van der Waals surface area contributed by atoms with Crippen molar-refractivity contribution in [2.75, 3.05) is 13.7 Å². The summed E-state index contributed by atoms with van der Waals surface area (Å²) in [7, 11) is 1.16. The zero-order chi connectivity index (χ0) is 32.0. The molecule has 2 aliphatic heterocycles. The van der Waals surface area contributed by atoms with Gasteiger partial charge in [0.15, 0.2) is 29.1 Å². The molecule has 3 aromatic rings. The molecule has 0 spiro atoms. The number of fused-ring (bicyclic) bond motifs is 1. The summed E-state index contributed by atoms with van der Waals surface area (Å²) >= 11 is 0. The first kappa shape index (κ1) is 30.4. The molecule has 0 aliphatic carbocycles. The molecule has 9 N–H and O–H groups in total. The van der Waals surface area contributed by atoms with Crippen molar-refractivity contribution in [1.29, 1.82) is 0 Å². The van der Waals surface area contributed by atoms with Gasteiger partial charge in [0.2, 0.25) is 29.0 Å². The molecule has 2 aromatic carbocycles. The normalized spacial score (nSPS) is 25.6. The molecule has 1 fully saturated rings. The minimum atomic E-state index is -1.71. The first-order chi connectivity index (χ1) is 20.8. The molecule has 5 rings (SSSR count). The maximum Gasteiger partial charge on any atom is 0.328 e. The number of aliphatic hydroxyl groups excluding tert-OH is 5. The van der Waals surface area contributed by atoms with Gasteiger partial charge in [-0.2, -0.15) is 0 Å². The van der Waals surface area contributed by atoms with E-state index in [-0.39, 0.29) is 16.9 Å². The van der Waals surface area contributed by atoms with Crippen LogP contribution in [-0.2, 0) is 18.9 Å². The highest BCUT2D eigenvalue weighted by Gasteiger charge is 2.47. The van der Waals surface area contributed by atoms with E-state index in [4.69, 9.17) is 28.1 Å². The SMILES string of the molecule is COC1C(O)[C@H](O)C(COC2=C(O)C(O)=C(O)C(C)O2)O[C@H]1Oc1c(-c2ccc(O)c(O)c2)oc2cc(O)cc(O)c2c1=O. The largest absolute Gasteiger partial charge is 0.508 e. The number of methoxy groups -OCH3 is 1. The van der Waals surface area contributed by atoms with E-state index in [0.29, 0.717) is 0 Å². The number of aromatic hydroxyl groups is 4. The Bertz CT molecular complexity index is 1710. The van der Waals surface area contributed by atoms with Crippen LogP contribution < -0.4 is 10.2 Å². The molecule has 0 bridgehead atoms. The third-order valence-corrected chi connectivity index (χ3v) is 7.01. The fourth-order valence-corrected chi connectivity index (χ4v) is 4.68. The average Bonchev–Trinajstić information content (AvgIpc) is 2.97. The van der Waals surface area contributed by atoms with Gasteiger partial charge in [0.05, 0.1) is 0 Å². The van der Waals surface area contributed by atoms with Crippen molar-refractivity contribution in [1.82, 2.24) is 0 Å². The van der Waals surface area contributed by atoms with Crippen LogP contribution in [-0.4, -0.2) is 96.5 Å². The standard InChI is InChI=1S/C28H28O16/c1-9-18(33)21(36)23(38)27(41-9)40-8-16-19(34)22(37)26(39-2)28(43-16)44-25-20(35)17-14(32)6-11(29)7-15(17)42-24(25)10-3-4-12(30)13(31)5-10/h3-7,9,16,19,22,26,28-34,36-38H,8H2,1-2H3/t9?,16?,19-,22?,26?,28+/m1/s1. The molecule has 3 heterocycles. The lowest BCUT2D eigenvalue weighted by Gasteiger charge is -2.41. The van der Waals surface area contributed by atoms with Gasteiger partial charge in [-0.05, 0) is 25.1 Å². The number of aliphatic hydroxyl groups is 5. The first-order valence-electron chi connectivity index (χ1n) is 12.9. The Morgan fingerprint density at radius 2 is 1.61 bits per heavy atom. The lowest BCUT2D eigenvalue weighted by atomic mass is 9.99. The van der Waals surface area contributed by atoms with Crippen LogP contribution in [0.5, 0.6) is 28.7 Å². The number of phenols is 4. The van der Waals surface area contributed by atoms with Crippen molar-refractivity contribution in [3.05, 3.63) is 63.8 Å². The van der Waals surface area contributed by atoms with E-state index < -0.39 is 106 Å². The zero-order valence-electron chi connectivity index (χ0n) is 22.9. The molecule has 236 valence electrons. The van der Waals surface area contributed by atoms with Crippen LogP contribution in [0.1, 0.15) is 6.92 Å². The third kappa shape index (κ3) is 5.30. The number of hydrogen-bond acceptors (Lipinski definition) is 16. The topological polar surface area (TPSA) is 258 Å². The molecule has 0 amide bonds. The second-order valence-corrected chi connectivity index (χ2v) is 9.91. The molecule has 1 aromatic heterocycles. The Balaban J connectivity index is 1.53. The minimum absolute atomic E-state index is 0.00414. The summed E-state index contributed by atoms with van der Waals surface area (Å²) in [6.07, 6.45) is -9.05. The molecular weight excluding hydrogens is 592 g/mol. The Labute approximate surface area is 246 Å². The minimum Gasteiger partial charge on any atom is -0.508 e. The average molecular weight is 621 g/mol. The van der Waals surface area contributed by atoms with Gasteiger partial charge in [-0.15, -0.1) is 0 Å². The number of rotatable bonds is 7. The second kappa shape index (κ2) is 11.6. The zero-order valence-corrected chi connectivity index (χ0v) is 22.9. The van der Waals surface area contributed by atoms with Crippen LogP contribution in [0.15, 0.2) is 62.8 Å². The monoisotopic (exact) mass is 620 g/mol. The van der Waals surface area contributed by atoms with Gasteiger partial charge in [0, 0.05) is 24.8 Å². The lowest BCUT2D eigenvalue weighted by Crippen LogP contribution is -2.61. The van der Waals surface area contributed by atoms with E-state index in [1.807, 2.05) is 0 Å². The Hall–Kier alpha value is -5.03. The van der Waals surface area contributed by atoms with Crippen LogP contribution in [0.4, 0.5) is 0 Å². The summed E-state index contributed by atoms with van der Waals surface area (Å²) in [4.78, 5) is 13.7. The van der Waals surface area contributed by atoms with Crippen molar-refractivity contribution >= 4 is 11.0 Å². The molecule has 44 heavy (non-hydrogen) atoms. The van der Waals surface area contributed by atoms with E-state index in [1.54, 1.807) is 0 Å². The van der Waals surface area contributed by atoms with Crippen molar-refractivity contribution in [3.8, 4) is 40.1 Å². The van der Waals surface area contributed by atoms with Crippen molar-refractivity contribution in [2.45, 2.75) is 43.7 Å². The van der Waals surface area contributed by atoms with E-state index >= 15 is 0 Å². The van der Waals surface area contributed by atoms with E-state index in [2.05, 4.69) is 0 Å². The fourth-order valence-electron chi connectivity index (χ4n) is 4.68. The summed E-state index contributed by atoms with van der Waals surface area (Å²) < 4.78 is 33.3. The predicted molar refractivity (Wildman–Crippen MR) is 145 cm³/mol. The predicted octanol–water partition coefficient (Wildman–Crippen LogP) is 1.61. The second-order valence-electron chi connectivity index (χ2n) is 9.91. The Kier molecular flexibility index (Phi) is 8.00. The van der Waals surface area contributed by atoms with Gasteiger partial charge in [-0.3, -0.25) is 4.79 Å². The summed E-state index contributed by atoms with van der Waals surface area (Å²) in [5, 5.41) is 91.1. The highest BCUT2D eigenvalue weighted by Crippen LogP contribution is 2.39. The number of benzene rings is 2. The maximum absolute atomic E-state index is 13.7. The van der Waals surface area contributed by atoms with Gasteiger partial charge in [-0.25, -0.2) is 0 Å². The number of hydrogen-bond donors (Lipinski definition) is 9. The van der Waals surface area contributed by atoms with Crippen LogP contribution in [0, 0.1) is 0 Å². The summed E-state index contributed by atoms with van der Waals surface area (Å²) in [6.45, 7) is 0.726. The van der Waals surface area contributed by atoms with Crippen molar-refractivity contribution < 1.29 is 74.1 Å². The maximum atomic E-state index is 13.7. The van der Waals surface area contributed by atoms with Gasteiger partial charge in [-0.1, -0.05) is 0 Å². The van der Waals surface area contributed by atoms with Gasteiger partial charge < -0.3 is 74.1 Å². The van der Waals surface area contributed by atoms with Crippen molar-refractivity contribution in [2.24, 2.45) is 0 Å². The third-order valence-electron chi connectivity index (χ3n) is 7.01. The molecule has 6 atom stereocenters. The first-order valence-corrected chi connectivity index (χ1v) is 12.9. The summed E-state index contributed by atoms with van der Waals surface area (Å²) in [5.74, 6) is -6.22. The van der Waals surface area contributed by atoms with Gasteiger partial charge >= 0.3 is 5.95 Å². The van der Waals surface area contributed by atoms with Crippen LogP contribution >= 0.6 is 0 Å². The fraction of sp³-hybridized carbons (Fsp3) is 0.321. The molecular formula is C28H28O16. The number of ether oxygens (including phenoxy) is 5. The van der Waals surface area contributed by atoms with Gasteiger partial charge in [0.25, 0.3) is 0 Å². The van der Waals surface area contributed by atoms with Crippen LogP contribution in [0.2, 0.25) is 0 Å². The van der Waals surface area contributed by atoms with Crippen LogP contribution in [0.3, 0.4) is 0 Å². The summed E-state index contributed by atoms with van der Waals surface area (Å²) in [6, 6.07) is 5.37. The molecule has 4 unspecified atom stereocenters. The van der Waals surface area contributed by atoms with Crippen molar-refractivity contribution in [3.63, 3.8) is 0 Å². The molecule has 0 saturated carbocycles. The van der Waals surface area contributed by atoms with Crippen LogP contribution in [0.25, 0.3) is 22.3 Å². The lowest BCUT2D eigenvalue weighted by molar-refractivity contribution is -0.285. The highest BCUT2D eigenvalue weighted by molar-refractivity contribution is 5.88. The summed E-state index contributed by atoms with van der Waals surface area (Å²) in [5.41, 5.74) is -1.24. The quantitative estimate of drug-likeness (QED) is 0.170. The van der Waals surface area contributed by atoms with Gasteiger partial charge in [0.1, 0.15) is 53.5 Å². The molecule has 1 saturated heterocycles. The smallest absolute Gasteiger partial charge is 0.328 e. The highest BCUT2D eigenvalue weighted by atomic mass is 16.7. The Morgan fingerprint density at radius 1 is 0.886 bits per heavy atom. The molecule has 2 aliphatic rings. The molecule has 0 radical (unpaired) electrons. The van der Waals surface area contributed by atoms with E-state index in [0.717, 1.165) is 31.4 Å². The number of phenolic OH excluding ortho intramolecular Hbond substituents is 4. The molecule has 16 nitrogen and oxygen atoms in total. The molecule has 16 heteroatoms. The van der Waals surface area contributed by atoms with E-state index in [1.165, 1.54) is 13.0 Å². The Morgan fingerprint density at radius 3 is 2.30 bits per heavy atom. The van der Waals surface area contributed by atoms with E-state index in [9.17, 15) is 50.8 Å².